The number of rotatable bonds is 4. The Morgan fingerprint density at radius 1 is 0.906 bits per heavy atom. The molecule has 1 aliphatic heterocycles. The van der Waals surface area contributed by atoms with Crippen LogP contribution < -0.4 is 4.90 Å². The van der Waals surface area contributed by atoms with Crippen LogP contribution in [0.15, 0.2) is 53.1 Å². The lowest BCUT2D eigenvalue weighted by Crippen LogP contribution is -2.42. The minimum atomic E-state index is 0.354. The van der Waals surface area contributed by atoms with E-state index in [0.717, 1.165) is 31.0 Å². The van der Waals surface area contributed by atoms with Gasteiger partial charge in [0, 0.05) is 35.8 Å². The van der Waals surface area contributed by atoms with Crippen LogP contribution in [0.1, 0.15) is 66.0 Å². The van der Waals surface area contributed by atoms with Crippen LogP contribution in [0.2, 0.25) is 0 Å². The average molecular weight is 425 g/mol. The van der Waals surface area contributed by atoms with Crippen molar-refractivity contribution in [2.75, 3.05) is 18.0 Å². The molecular formula is C29H32N2O. The molecule has 1 saturated carbocycles. The molecule has 2 aromatic carbocycles. The predicted molar refractivity (Wildman–Crippen MR) is 131 cm³/mol. The van der Waals surface area contributed by atoms with Gasteiger partial charge in [-0.25, -0.2) is 0 Å². The molecule has 2 fully saturated rings. The lowest BCUT2D eigenvalue weighted by Gasteiger charge is -2.47. The lowest BCUT2D eigenvalue weighted by molar-refractivity contribution is 0.277. The van der Waals surface area contributed by atoms with Crippen LogP contribution in [0.5, 0.6) is 0 Å². The zero-order valence-electron chi connectivity index (χ0n) is 19.4. The van der Waals surface area contributed by atoms with Crippen molar-refractivity contribution in [3.63, 3.8) is 0 Å². The summed E-state index contributed by atoms with van der Waals surface area (Å²) in [6.45, 7) is 8.80. The van der Waals surface area contributed by atoms with Crippen molar-refractivity contribution >= 4 is 11.3 Å². The van der Waals surface area contributed by atoms with Gasteiger partial charge in [-0.15, -0.1) is 0 Å². The van der Waals surface area contributed by atoms with Crippen molar-refractivity contribution in [3.8, 4) is 11.3 Å². The zero-order valence-corrected chi connectivity index (χ0v) is 19.4. The van der Waals surface area contributed by atoms with E-state index in [4.69, 9.17) is 4.52 Å². The molecule has 3 aromatic rings. The van der Waals surface area contributed by atoms with Gasteiger partial charge in [-0.1, -0.05) is 47.1 Å². The molecular weight excluding hydrogens is 392 g/mol. The van der Waals surface area contributed by atoms with Crippen LogP contribution in [0.3, 0.4) is 0 Å². The molecule has 0 radical (unpaired) electrons. The Morgan fingerprint density at radius 2 is 1.56 bits per heavy atom. The molecule has 0 unspecified atom stereocenters. The molecule has 6 rings (SSSR count). The zero-order chi connectivity index (χ0) is 21.9. The number of allylic oxidation sites excluding steroid dienone is 2. The quantitative estimate of drug-likeness (QED) is 0.443. The van der Waals surface area contributed by atoms with Gasteiger partial charge in [-0.05, 0) is 87.1 Å². The highest BCUT2D eigenvalue weighted by Crippen LogP contribution is 2.56. The summed E-state index contributed by atoms with van der Waals surface area (Å²) in [4.78, 5) is 2.55. The van der Waals surface area contributed by atoms with Gasteiger partial charge >= 0.3 is 0 Å². The average Bonchev–Trinajstić information content (AvgIpc) is 3.53. The third-order valence-electron chi connectivity index (χ3n) is 7.89. The van der Waals surface area contributed by atoms with Crippen LogP contribution in [0.4, 0.5) is 5.69 Å². The SMILES string of the molecule is Cc1ccc(N2CCC3(C=C(c4c(-c5c(C)cccc5C)noc4C4CC4)C3)CC2)cc1. The highest BCUT2D eigenvalue weighted by molar-refractivity contribution is 5.86. The van der Waals surface area contributed by atoms with E-state index in [0.29, 0.717) is 11.3 Å². The van der Waals surface area contributed by atoms with Crippen LogP contribution >= 0.6 is 0 Å². The second kappa shape index (κ2) is 7.37. The summed E-state index contributed by atoms with van der Waals surface area (Å²) in [7, 11) is 0. The molecule has 3 aliphatic rings. The molecule has 2 aliphatic carbocycles. The maximum Gasteiger partial charge on any atom is 0.147 e. The van der Waals surface area contributed by atoms with E-state index >= 15 is 0 Å². The summed E-state index contributed by atoms with van der Waals surface area (Å²) in [6, 6.07) is 15.5. The molecule has 164 valence electrons. The summed E-state index contributed by atoms with van der Waals surface area (Å²) in [5.74, 6) is 1.71. The maximum absolute atomic E-state index is 6.00. The topological polar surface area (TPSA) is 29.3 Å². The molecule has 3 heteroatoms. The van der Waals surface area contributed by atoms with E-state index in [1.807, 2.05) is 0 Å². The van der Waals surface area contributed by atoms with Gasteiger partial charge in [0.1, 0.15) is 11.5 Å². The van der Waals surface area contributed by atoms with E-state index in [2.05, 4.69) is 79.4 Å². The molecule has 2 heterocycles. The van der Waals surface area contributed by atoms with Crippen molar-refractivity contribution < 1.29 is 4.52 Å². The van der Waals surface area contributed by atoms with Gasteiger partial charge in [0.15, 0.2) is 0 Å². The van der Waals surface area contributed by atoms with Gasteiger partial charge in [0.25, 0.3) is 0 Å². The Balaban J connectivity index is 1.28. The number of benzene rings is 2. The van der Waals surface area contributed by atoms with E-state index < -0.39 is 0 Å². The third-order valence-corrected chi connectivity index (χ3v) is 7.89. The first-order valence-electron chi connectivity index (χ1n) is 12.1. The van der Waals surface area contributed by atoms with Crippen molar-refractivity contribution in [3.05, 3.63) is 76.6 Å². The summed E-state index contributed by atoms with van der Waals surface area (Å²) < 4.78 is 6.00. The minimum absolute atomic E-state index is 0.354. The molecule has 1 aromatic heterocycles. The number of aryl methyl sites for hydroxylation is 3. The summed E-state index contributed by atoms with van der Waals surface area (Å²) in [5.41, 5.74) is 10.7. The second-order valence-electron chi connectivity index (χ2n) is 10.3. The van der Waals surface area contributed by atoms with Crippen LogP contribution in [0, 0.1) is 26.2 Å². The van der Waals surface area contributed by atoms with Crippen molar-refractivity contribution in [1.82, 2.24) is 5.16 Å². The summed E-state index contributed by atoms with van der Waals surface area (Å²) >= 11 is 0. The standard InChI is InChI=1S/C29H32N2O/c1-19-7-11-24(12-8-19)31-15-13-29(14-16-31)17-23(18-29)26-27(30-32-28(26)22-9-10-22)25-20(2)5-4-6-21(25)3/h4-8,11-12,17,22H,9-10,13-16,18H2,1-3H3. The number of hydrogen-bond donors (Lipinski definition) is 0. The molecule has 32 heavy (non-hydrogen) atoms. The summed E-state index contributed by atoms with van der Waals surface area (Å²) in [5, 5.41) is 4.64. The van der Waals surface area contributed by atoms with Crippen molar-refractivity contribution in [2.45, 2.75) is 58.8 Å². The number of piperidine rings is 1. The lowest BCUT2D eigenvalue weighted by atomic mass is 9.63. The maximum atomic E-state index is 6.00. The highest BCUT2D eigenvalue weighted by atomic mass is 16.5. The van der Waals surface area contributed by atoms with E-state index in [9.17, 15) is 0 Å². The van der Waals surface area contributed by atoms with Gasteiger partial charge in [0.2, 0.25) is 0 Å². The fourth-order valence-electron chi connectivity index (χ4n) is 5.76. The smallest absolute Gasteiger partial charge is 0.147 e. The van der Waals surface area contributed by atoms with Gasteiger partial charge in [0.05, 0.1) is 0 Å². The molecule has 0 N–H and O–H groups in total. The normalized spacial score (nSPS) is 19.7. The van der Waals surface area contributed by atoms with E-state index in [1.54, 1.807) is 0 Å². The van der Waals surface area contributed by atoms with Crippen LogP contribution in [-0.4, -0.2) is 18.2 Å². The minimum Gasteiger partial charge on any atom is -0.371 e. The van der Waals surface area contributed by atoms with Gasteiger partial charge in [-0.3, -0.25) is 0 Å². The Kier molecular flexibility index (Phi) is 4.57. The van der Waals surface area contributed by atoms with E-state index in [1.165, 1.54) is 64.8 Å². The molecule has 1 saturated heterocycles. The molecule has 0 amide bonds. The molecule has 0 bridgehead atoms. The summed E-state index contributed by atoms with van der Waals surface area (Å²) in [6.07, 6.45) is 8.67. The Bertz CT molecular complexity index is 1170. The Hall–Kier alpha value is -2.81. The van der Waals surface area contributed by atoms with Crippen LogP contribution in [0.25, 0.3) is 16.8 Å². The highest BCUT2D eigenvalue weighted by Gasteiger charge is 2.43. The number of anilines is 1. The van der Waals surface area contributed by atoms with E-state index in [-0.39, 0.29) is 0 Å². The largest absolute Gasteiger partial charge is 0.371 e. The van der Waals surface area contributed by atoms with Gasteiger partial charge in [-0.2, -0.15) is 0 Å². The number of nitrogens with zero attached hydrogens (tertiary/aromatic N) is 2. The molecule has 3 nitrogen and oxygen atoms in total. The fraction of sp³-hybridized carbons (Fsp3) is 0.414. The molecule has 0 atom stereocenters. The first kappa shape index (κ1) is 19.8. The number of aromatic nitrogens is 1. The van der Waals surface area contributed by atoms with Crippen molar-refractivity contribution in [1.29, 1.82) is 0 Å². The second-order valence-corrected chi connectivity index (χ2v) is 10.3. The van der Waals surface area contributed by atoms with Crippen molar-refractivity contribution in [2.24, 2.45) is 5.41 Å². The Morgan fingerprint density at radius 3 is 2.19 bits per heavy atom. The predicted octanol–water partition coefficient (Wildman–Crippen LogP) is 7.22. The first-order valence-corrected chi connectivity index (χ1v) is 12.1. The fourth-order valence-corrected chi connectivity index (χ4v) is 5.76. The molecule has 1 spiro atoms. The number of hydrogen-bond acceptors (Lipinski definition) is 3. The van der Waals surface area contributed by atoms with Crippen LogP contribution in [-0.2, 0) is 0 Å². The Labute approximate surface area is 191 Å². The van der Waals surface area contributed by atoms with Gasteiger partial charge < -0.3 is 9.42 Å². The monoisotopic (exact) mass is 424 g/mol. The third kappa shape index (κ3) is 3.30. The first-order chi connectivity index (χ1) is 15.5.